The van der Waals surface area contributed by atoms with Gasteiger partial charge in [-0.15, -0.1) is 5.10 Å². The highest BCUT2D eigenvalue weighted by atomic mass is 16.3. The third-order valence-corrected chi connectivity index (χ3v) is 2.67. The zero-order valence-corrected chi connectivity index (χ0v) is 10.3. The Morgan fingerprint density at radius 2 is 2.11 bits per heavy atom. The van der Waals surface area contributed by atoms with Crippen LogP contribution in [-0.4, -0.2) is 38.0 Å². The van der Waals surface area contributed by atoms with E-state index in [1.54, 1.807) is 4.68 Å². The molecule has 18 heavy (non-hydrogen) atoms. The predicted octanol–water partition coefficient (Wildman–Crippen LogP) is 0.523. The largest absolute Gasteiger partial charge is 0.392 e. The maximum Gasteiger partial charge on any atom is 0.170 e. The van der Waals surface area contributed by atoms with E-state index < -0.39 is 0 Å². The van der Waals surface area contributed by atoms with E-state index >= 15 is 0 Å². The summed E-state index contributed by atoms with van der Waals surface area (Å²) in [5, 5.41) is 24.2. The number of nitrogens with one attached hydrogen (secondary N) is 1. The molecule has 1 aromatic heterocycles. The van der Waals surface area contributed by atoms with Crippen molar-refractivity contribution < 1.29 is 5.11 Å². The monoisotopic (exact) mass is 247 g/mol. The smallest absolute Gasteiger partial charge is 0.170 e. The van der Waals surface area contributed by atoms with Crippen LogP contribution in [0.15, 0.2) is 30.3 Å². The Morgan fingerprint density at radius 3 is 2.83 bits per heavy atom. The van der Waals surface area contributed by atoms with Gasteiger partial charge in [0.05, 0.1) is 18.3 Å². The number of benzene rings is 1. The first kappa shape index (κ1) is 12.7. The highest BCUT2D eigenvalue weighted by Gasteiger charge is 2.08. The molecule has 1 heterocycles. The fourth-order valence-corrected chi connectivity index (χ4v) is 1.58. The lowest BCUT2D eigenvalue weighted by Gasteiger charge is -2.09. The van der Waals surface area contributed by atoms with E-state index in [1.165, 1.54) is 0 Å². The number of aliphatic hydroxyl groups is 1. The van der Waals surface area contributed by atoms with Gasteiger partial charge in [0.1, 0.15) is 0 Å². The van der Waals surface area contributed by atoms with Crippen LogP contribution >= 0.6 is 0 Å². The molecule has 0 aliphatic heterocycles. The SMILES string of the molecule is CCC(O)CNCc1nnnn1-c1ccccc1. The van der Waals surface area contributed by atoms with Crippen molar-refractivity contribution in [2.24, 2.45) is 0 Å². The van der Waals surface area contributed by atoms with Gasteiger partial charge in [-0.25, -0.2) is 0 Å². The Balaban J connectivity index is 2.00. The average molecular weight is 247 g/mol. The Morgan fingerprint density at radius 1 is 1.33 bits per heavy atom. The number of hydrogen-bond acceptors (Lipinski definition) is 5. The molecule has 0 amide bonds. The van der Waals surface area contributed by atoms with Crippen molar-refractivity contribution in [1.29, 1.82) is 0 Å². The van der Waals surface area contributed by atoms with Crippen LogP contribution in [0, 0.1) is 0 Å². The molecular formula is C12H17N5O. The van der Waals surface area contributed by atoms with Crippen LogP contribution in [0.2, 0.25) is 0 Å². The average Bonchev–Trinajstić information content (AvgIpc) is 2.88. The van der Waals surface area contributed by atoms with Crippen LogP contribution in [0.1, 0.15) is 19.2 Å². The molecule has 2 rings (SSSR count). The normalized spacial score (nSPS) is 12.6. The second kappa shape index (κ2) is 6.23. The van der Waals surface area contributed by atoms with Gasteiger partial charge in [0, 0.05) is 6.54 Å². The van der Waals surface area contributed by atoms with Crippen LogP contribution in [0.5, 0.6) is 0 Å². The van der Waals surface area contributed by atoms with Crippen LogP contribution in [0.3, 0.4) is 0 Å². The quantitative estimate of drug-likeness (QED) is 0.778. The molecule has 0 spiro atoms. The zero-order valence-electron chi connectivity index (χ0n) is 10.3. The standard InChI is InChI=1S/C12H17N5O/c1-2-11(18)8-13-9-12-14-15-16-17(12)10-6-4-3-5-7-10/h3-7,11,13,18H,2,8-9H2,1H3. The molecule has 1 atom stereocenters. The van der Waals surface area contributed by atoms with Crippen LogP contribution in [-0.2, 0) is 6.54 Å². The summed E-state index contributed by atoms with van der Waals surface area (Å²) in [7, 11) is 0. The van der Waals surface area contributed by atoms with Gasteiger partial charge in [-0.05, 0) is 29.0 Å². The lowest BCUT2D eigenvalue weighted by Crippen LogP contribution is -2.27. The van der Waals surface area contributed by atoms with Crippen LogP contribution < -0.4 is 5.32 Å². The summed E-state index contributed by atoms with van der Waals surface area (Å²) < 4.78 is 1.69. The fourth-order valence-electron chi connectivity index (χ4n) is 1.58. The third-order valence-electron chi connectivity index (χ3n) is 2.67. The second-order valence-electron chi connectivity index (χ2n) is 4.04. The maximum absolute atomic E-state index is 9.45. The molecule has 0 fully saturated rings. The van der Waals surface area contributed by atoms with Crippen molar-refractivity contribution in [2.75, 3.05) is 6.54 Å². The second-order valence-corrected chi connectivity index (χ2v) is 4.04. The van der Waals surface area contributed by atoms with E-state index in [1.807, 2.05) is 37.3 Å². The van der Waals surface area contributed by atoms with E-state index in [0.717, 1.165) is 17.9 Å². The molecule has 0 radical (unpaired) electrons. The fraction of sp³-hybridized carbons (Fsp3) is 0.417. The number of para-hydroxylation sites is 1. The van der Waals surface area contributed by atoms with Crippen LogP contribution in [0.25, 0.3) is 5.69 Å². The Bertz CT molecular complexity index is 470. The number of rotatable bonds is 6. The van der Waals surface area contributed by atoms with Crippen molar-refractivity contribution in [3.05, 3.63) is 36.2 Å². The first-order valence-electron chi connectivity index (χ1n) is 6.02. The van der Waals surface area contributed by atoms with Crippen molar-refractivity contribution in [1.82, 2.24) is 25.5 Å². The summed E-state index contributed by atoms with van der Waals surface area (Å²) in [5.74, 6) is 0.726. The molecule has 0 saturated heterocycles. The van der Waals surface area contributed by atoms with E-state index in [9.17, 15) is 5.11 Å². The maximum atomic E-state index is 9.45. The topological polar surface area (TPSA) is 75.9 Å². The Labute approximate surface area is 106 Å². The van der Waals surface area contributed by atoms with Crippen molar-refractivity contribution in [2.45, 2.75) is 26.0 Å². The highest BCUT2D eigenvalue weighted by Crippen LogP contribution is 2.06. The predicted molar refractivity (Wildman–Crippen MR) is 67.2 cm³/mol. The van der Waals surface area contributed by atoms with Crippen molar-refractivity contribution >= 4 is 0 Å². The van der Waals surface area contributed by atoms with E-state index in [-0.39, 0.29) is 6.10 Å². The first-order chi connectivity index (χ1) is 8.81. The highest BCUT2D eigenvalue weighted by molar-refractivity contribution is 5.30. The number of aliphatic hydroxyl groups excluding tert-OH is 1. The molecule has 0 saturated carbocycles. The van der Waals surface area contributed by atoms with Crippen LogP contribution in [0.4, 0.5) is 0 Å². The minimum Gasteiger partial charge on any atom is -0.392 e. The molecule has 2 aromatic rings. The van der Waals surface area contributed by atoms with Gasteiger partial charge in [0.25, 0.3) is 0 Å². The van der Waals surface area contributed by atoms with E-state index in [4.69, 9.17) is 0 Å². The van der Waals surface area contributed by atoms with Gasteiger partial charge in [-0.3, -0.25) is 0 Å². The summed E-state index contributed by atoms with van der Waals surface area (Å²) in [6, 6.07) is 9.72. The molecule has 6 heteroatoms. The summed E-state index contributed by atoms with van der Waals surface area (Å²) in [5.41, 5.74) is 0.926. The minimum atomic E-state index is -0.328. The van der Waals surface area contributed by atoms with Gasteiger partial charge >= 0.3 is 0 Å². The Kier molecular flexibility index (Phi) is 4.38. The summed E-state index contributed by atoms with van der Waals surface area (Å²) in [6.45, 7) is 3.01. The van der Waals surface area contributed by atoms with Crippen molar-refractivity contribution in [3.63, 3.8) is 0 Å². The summed E-state index contributed by atoms with van der Waals surface area (Å²) >= 11 is 0. The lowest BCUT2D eigenvalue weighted by molar-refractivity contribution is 0.166. The molecule has 0 bridgehead atoms. The zero-order chi connectivity index (χ0) is 12.8. The minimum absolute atomic E-state index is 0.328. The molecule has 6 nitrogen and oxygen atoms in total. The molecule has 0 aliphatic carbocycles. The van der Waals surface area contributed by atoms with Crippen molar-refractivity contribution in [3.8, 4) is 5.69 Å². The summed E-state index contributed by atoms with van der Waals surface area (Å²) in [4.78, 5) is 0. The van der Waals surface area contributed by atoms with Gasteiger partial charge in [0.15, 0.2) is 5.82 Å². The molecule has 1 unspecified atom stereocenters. The molecule has 0 aliphatic rings. The number of hydrogen-bond donors (Lipinski definition) is 2. The van der Waals surface area contributed by atoms with Gasteiger partial charge in [-0.2, -0.15) is 4.68 Å². The number of aromatic nitrogens is 4. The van der Waals surface area contributed by atoms with Gasteiger partial charge in [0.2, 0.25) is 0 Å². The molecule has 1 aromatic carbocycles. The first-order valence-corrected chi connectivity index (χ1v) is 6.02. The summed E-state index contributed by atoms with van der Waals surface area (Å²) in [6.07, 6.45) is 0.405. The number of tetrazole rings is 1. The third kappa shape index (κ3) is 3.12. The molecule has 2 N–H and O–H groups in total. The van der Waals surface area contributed by atoms with Gasteiger partial charge in [-0.1, -0.05) is 25.1 Å². The Hall–Kier alpha value is -1.79. The van der Waals surface area contributed by atoms with E-state index in [0.29, 0.717) is 13.1 Å². The molecule has 96 valence electrons. The van der Waals surface area contributed by atoms with Gasteiger partial charge < -0.3 is 10.4 Å². The number of nitrogens with zero attached hydrogens (tertiary/aromatic N) is 4. The van der Waals surface area contributed by atoms with E-state index in [2.05, 4.69) is 20.8 Å². The lowest BCUT2D eigenvalue weighted by atomic mass is 10.3. The molecular weight excluding hydrogens is 230 g/mol.